The summed E-state index contributed by atoms with van der Waals surface area (Å²) in [4.78, 5) is 16.6. The third kappa shape index (κ3) is 7.38. The Balaban J connectivity index is 1.09. The zero-order valence-electron chi connectivity index (χ0n) is 38.2. The minimum atomic E-state index is 0.669. The van der Waals surface area contributed by atoms with Crippen molar-refractivity contribution in [2.45, 2.75) is 0 Å². The molecule has 2 heterocycles. The second-order valence-electron chi connectivity index (χ2n) is 17.9. The summed E-state index contributed by atoms with van der Waals surface area (Å²) in [7, 11) is 0. The summed E-state index contributed by atoms with van der Waals surface area (Å²) in [6.07, 6.45) is 0. The molecule has 0 aliphatic rings. The van der Waals surface area contributed by atoms with Crippen LogP contribution in [0.1, 0.15) is 0 Å². The highest BCUT2D eigenvalue weighted by Gasteiger charge is 2.23. The van der Waals surface area contributed by atoms with Crippen molar-refractivity contribution in [3.05, 3.63) is 261 Å². The lowest BCUT2D eigenvalue weighted by Gasteiger charge is -2.19. The molecule has 0 radical (unpaired) electrons. The number of nitrogens with zero attached hydrogens (tertiary/aromatic N) is 3. The first kappa shape index (κ1) is 40.9. The molecule has 326 valence electrons. The van der Waals surface area contributed by atoms with Gasteiger partial charge in [-0.3, -0.25) is 0 Å². The molecular weight excluding hydrogens is 847 g/mol. The fraction of sp³-hybridized carbons (Fsp3) is 0. The van der Waals surface area contributed by atoms with Crippen LogP contribution in [0.4, 0.5) is 0 Å². The molecule has 3 heteroatoms. The van der Waals surface area contributed by atoms with Crippen molar-refractivity contribution in [1.29, 1.82) is 0 Å². The van der Waals surface area contributed by atoms with Gasteiger partial charge in [0.1, 0.15) is 0 Å². The van der Waals surface area contributed by atoms with E-state index in [0.29, 0.717) is 5.82 Å². The molecule has 0 bridgehead atoms. The maximum atomic E-state index is 5.56. The molecule has 0 spiro atoms. The minimum Gasteiger partial charge on any atom is -0.247 e. The molecule has 0 amide bonds. The third-order valence-electron chi connectivity index (χ3n) is 13.6. The summed E-state index contributed by atoms with van der Waals surface area (Å²) in [5.74, 6) is 0.669. The van der Waals surface area contributed by atoms with E-state index in [-0.39, 0.29) is 0 Å². The third-order valence-corrected chi connectivity index (χ3v) is 13.6. The van der Waals surface area contributed by atoms with Gasteiger partial charge in [0.2, 0.25) is 0 Å². The van der Waals surface area contributed by atoms with Crippen molar-refractivity contribution < 1.29 is 0 Å². The fourth-order valence-corrected chi connectivity index (χ4v) is 10.3. The van der Waals surface area contributed by atoms with Crippen LogP contribution >= 0.6 is 0 Å². The smallest absolute Gasteiger partial charge is 0.160 e. The largest absolute Gasteiger partial charge is 0.247 e. The van der Waals surface area contributed by atoms with Gasteiger partial charge in [0.25, 0.3) is 0 Å². The summed E-state index contributed by atoms with van der Waals surface area (Å²) < 4.78 is 0. The van der Waals surface area contributed by atoms with E-state index in [0.717, 1.165) is 100 Å². The van der Waals surface area contributed by atoms with Gasteiger partial charge in [-0.15, -0.1) is 0 Å². The molecule has 2 aromatic heterocycles. The van der Waals surface area contributed by atoms with Crippen molar-refractivity contribution in [2.24, 2.45) is 0 Å². The molecule has 0 fully saturated rings. The average Bonchev–Trinajstić information content (AvgIpc) is 3.45. The number of hydrogen-bond acceptors (Lipinski definition) is 3. The SMILES string of the molecule is c1ccc(-c2cccc(-c3nc(-c4ccccc4)nc(-c4cccc(-c5ccccc5)c4)c3-c3cccc(-c4cc5c(-c6ccc7ccccc7c6)nc6ccccc6c5c5ccccc45)c3)c2)cc1. The van der Waals surface area contributed by atoms with E-state index >= 15 is 0 Å². The lowest BCUT2D eigenvalue weighted by Crippen LogP contribution is -2.01. The Kier molecular flexibility index (Phi) is 10.2. The van der Waals surface area contributed by atoms with Crippen molar-refractivity contribution >= 4 is 43.2 Å². The molecule has 0 aliphatic heterocycles. The van der Waals surface area contributed by atoms with Crippen LogP contribution in [-0.4, -0.2) is 15.0 Å². The minimum absolute atomic E-state index is 0.669. The Hall–Kier alpha value is -9.31. The van der Waals surface area contributed by atoms with Gasteiger partial charge in [-0.05, 0) is 96.9 Å². The summed E-state index contributed by atoms with van der Waals surface area (Å²) in [6.45, 7) is 0. The van der Waals surface area contributed by atoms with Gasteiger partial charge in [0.15, 0.2) is 5.82 Å². The average molecular weight is 890 g/mol. The Bertz CT molecular complexity index is 4000. The Morgan fingerprint density at radius 3 is 1.36 bits per heavy atom. The number of benzene rings is 11. The molecule has 13 aromatic rings. The second kappa shape index (κ2) is 17.4. The van der Waals surface area contributed by atoms with E-state index in [2.05, 4.69) is 255 Å². The summed E-state index contributed by atoms with van der Waals surface area (Å²) in [6, 6.07) is 93.1. The van der Waals surface area contributed by atoms with Gasteiger partial charge in [0, 0.05) is 44.0 Å². The molecule has 3 nitrogen and oxygen atoms in total. The summed E-state index contributed by atoms with van der Waals surface area (Å²) >= 11 is 0. The molecular formula is C67H43N3. The first-order chi connectivity index (χ1) is 34.7. The van der Waals surface area contributed by atoms with Crippen LogP contribution in [0.25, 0.3) is 133 Å². The highest BCUT2D eigenvalue weighted by molar-refractivity contribution is 6.25. The van der Waals surface area contributed by atoms with E-state index in [9.17, 15) is 0 Å². The van der Waals surface area contributed by atoms with Crippen LogP contribution in [0.5, 0.6) is 0 Å². The number of para-hydroxylation sites is 1. The monoisotopic (exact) mass is 889 g/mol. The van der Waals surface area contributed by atoms with Crippen molar-refractivity contribution in [1.82, 2.24) is 15.0 Å². The number of hydrogen-bond donors (Lipinski definition) is 0. The molecule has 13 rings (SSSR count). The van der Waals surface area contributed by atoms with Crippen LogP contribution < -0.4 is 0 Å². The van der Waals surface area contributed by atoms with Gasteiger partial charge in [-0.2, -0.15) is 0 Å². The molecule has 70 heavy (non-hydrogen) atoms. The molecule has 0 aliphatic carbocycles. The number of aromatic nitrogens is 3. The molecule has 0 N–H and O–H groups in total. The quantitative estimate of drug-likeness (QED) is 0.143. The maximum absolute atomic E-state index is 5.56. The summed E-state index contributed by atoms with van der Waals surface area (Å²) in [5, 5.41) is 8.21. The fourth-order valence-electron chi connectivity index (χ4n) is 10.3. The van der Waals surface area contributed by atoms with Gasteiger partial charge in [-0.25, -0.2) is 15.0 Å². The predicted molar refractivity (Wildman–Crippen MR) is 293 cm³/mol. The summed E-state index contributed by atoms with van der Waals surface area (Å²) in [5.41, 5.74) is 16.5. The first-order valence-corrected chi connectivity index (χ1v) is 23.8. The molecule has 0 saturated heterocycles. The predicted octanol–water partition coefficient (Wildman–Crippen LogP) is 17.8. The number of fused-ring (bicyclic) bond motifs is 6. The maximum Gasteiger partial charge on any atom is 0.160 e. The van der Waals surface area contributed by atoms with Gasteiger partial charge in [-0.1, -0.05) is 224 Å². The van der Waals surface area contributed by atoms with Crippen molar-refractivity contribution in [3.63, 3.8) is 0 Å². The van der Waals surface area contributed by atoms with Gasteiger partial charge < -0.3 is 0 Å². The molecule has 0 atom stereocenters. The number of pyridine rings is 1. The van der Waals surface area contributed by atoms with Crippen LogP contribution in [-0.2, 0) is 0 Å². The van der Waals surface area contributed by atoms with E-state index < -0.39 is 0 Å². The van der Waals surface area contributed by atoms with E-state index in [1.165, 1.54) is 26.9 Å². The van der Waals surface area contributed by atoms with Crippen LogP contribution in [0.3, 0.4) is 0 Å². The van der Waals surface area contributed by atoms with Gasteiger partial charge >= 0.3 is 0 Å². The van der Waals surface area contributed by atoms with Crippen LogP contribution in [0, 0.1) is 0 Å². The zero-order valence-corrected chi connectivity index (χ0v) is 38.2. The number of rotatable bonds is 8. The molecule has 0 unspecified atom stereocenters. The highest BCUT2D eigenvalue weighted by atomic mass is 14.9. The Labute approximate surface area is 406 Å². The van der Waals surface area contributed by atoms with Crippen LogP contribution in [0.15, 0.2) is 261 Å². The van der Waals surface area contributed by atoms with E-state index in [4.69, 9.17) is 15.0 Å². The van der Waals surface area contributed by atoms with E-state index in [1.807, 2.05) is 6.07 Å². The topological polar surface area (TPSA) is 38.7 Å². The molecule has 0 saturated carbocycles. The lowest BCUT2D eigenvalue weighted by molar-refractivity contribution is 1.18. The molecule has 11 aromatic carbocycles. The van der Waals surface area contributed by atoms with Gasteiger partial charge in [0.05, 0.1) is 22.6 Å². The second-order valence-corrected chi connectivity index (χ2v) is 17.9. The zero-order chi connectivity index (χ0) is 46.4. The first-order valence-electron chi connectivity index (χ1n) is 23.8. The lowest BCUT2D eigenvalue weighted by atomic mass is 9.87. The standard InChI is InChI=1S/C67H43N3/c1-4-19-44(20-5-1)49-27-16-31-53(39-49)65-62(66(70-67(69-65)47-24-8-3-9-25-47)54-32-17-28-50(40-54)45-21-6-2-7-22-45)52-30-18-29-51(42-52)59-43-60-63(57-34-13-12-33-56(57)59)58-35-14-15-36-61(58)68-64(60)55-38-37-46-23-10-11-26-48(46)41-55/h1-43H. The Morgan fingerprint density at radius 1 is 0.229 bits per heavy atom. The Morgan fingerprint density at radius 2 is 0.700 bits per heavy atom. The highest BCUT2D eigenvalue weighted by Crippen LogP contribution is 2.45. The van der Waals surface area contributed by atoms with E-state index in [1.54, 1.807) is 0 Å². The van der Waals surface area contributed by atoms with Crippen molar-refractivity contribution in [2.75, 3.05) is 0 Å². The normalized spacial score (nSPS) is 11.4. The van der Waals surface area contributed by atoms with Crippen molar-refractivity contribution in [3.8, 4) is 89.7 Å². The van der Waals surface area contributed by atoms with Crippen LogP contribution in [0.2, 0.25) is 0 Å².